The molecule has 1 unspecified atom stereocenters. The molecule has 1 heterocycles. The molecule has 0 bridgehead atoms. The van der Waals surface area contributed by atoms with Gasteiger partial charge in [-0.25, -0.2) is 0 Å². The number of nitrogens with one attached hydrogen (secondary N) is 1. The van der Waals surface area contributed by atoms with Gasteiger partial charge in [0, 0.05) is 39.0 Å². The van der Waals surface area contributed by atoms with Crippen molar-refractivity contribution >= 4 is 17.7 Å². The van der Waals surface area contributed by atoms with Crippen molar-refractivity contribution in [2.75, 3.05) is 19.7 Å². The first-order valence-electron chi connectivity index (χ1n) is 7.29. The van der Waals surface area contributed by atoms with Gasteiger partial charge in [0.2, 0.25) is 17.7 Å². The summed E-state index contributed by atoms with van der Waals surface area (Å²) in [6.45, 7) is 2.89. The van der Waals surface area contributed by atoms with Crippen molar-refractivity contribution < 1.29 is 19.5 Å². The van der Waals surface area contributed by atoms with E-state index in [9.17, 15) is 14.4 Å². The molecule has 114 valence electrons. The van der Waals surface area contributed by atoms with Crippen LogP contribution in [0.4, 0.5) is 0 Å². The molecule has 3 amide bonds. The number of aliphatic hydroxyl groups is 1. The number of imide groups is 1. The van der Waals surface area contributed by atoms with Crippen molar-refractivity contribution in [3.63, 3.8) is 0 Å². The van der Waals surface area contributed by atoms with Crippen LogP contribution in [0.5, 0.6) is 0 Å². The Hall–Kier alpha value is -1.43. The Morgan fingerprint density at radius 3 is 2.50 bits per heavy atom. The van der Waals surface area contributed by atoms with Crippen molar-refractivity contribution in [3.05, 3.63) is 0 Å². The van der Waals surface area contributed by atoms with E-state index >= 15 is 0 Å². The maximum Gasteiger partial charge on any atom is 0.229 e. The lowest BCUT2D eigenvalue weighted by Crippen LogP contribution is -2.35. The van der Waals surface area contributed by atoms with Crippen LogP contribution in [0.25, 0.3) is 0 Å². The number of hydrogen-bond acceptors (Lipinski definition) is 4. The van der Waals surface area contributed by atoms with Crippen LogP contribution in [0, 0.1) is 5.92 Å². The summed E-state index contributed by atoms with van der Waals surface area (Å²) in [6.07, 6.45) is 3.32. The van der Waals surface area contributed by atoms with Crippen LogP contribution in [-0.2, 0) is 14.4 Å². The van der Waals surface area contributed by atoms with Gasteiger partial charge in [0.15, 0.2) is 0 Å². The third-order valence-electron chi connectivity index (χ3n) is 3.54. The fourth-order valence-electron chi connectivity index (χ4n) is 2.37. The summed E-state index contributed by atoms with van der Waals surface area (Å²) in [5.74, 6) is -0.251. The van der Waals surface area contributed by atoms with Crippen LogP contribution in [0.1, 0.15) is 45.4 Å². The predicted molar refractivity (Wildman–Crippen MR) is 73.7 cm³/mol. The molecule has 0 spiro atoms. The largest absolute Gasteiger partial charge is 0.396 e. The van der Waals surface area contributed by atoms with E-state index in [4.69, 9.17) is 5.11 Å². The van der Waals surface area contributed by atoms with E-state index in [1.165, 1.54) is 0 Å². The van der Waals surface area contributed by atoms with Gasteiger partial charge in [0.25, 0.3) is 0 Å². The highest BCUT2D eigenvalue weighted by molar-refractivity contribution is 6.02. The van der Waals surface area contributed by atoms with E-state index in [-0.39, 0.29) is 56.1 Å². The van der Waals surface area contributed by atoms with E-state index in [1.807, 2.05) is 0 Å². The molecule has 2 N–H and O–H groups in total. The maximum atomic E-state index is 11.7. The molecule has 6 nitrogen and oxygen atoms in total. The van der Waals surface area contributed by atoms with E-state index in [2.05, 4.69) is 12.2 Å². The molecule has 6 heteroatoms. The standard InChI is InChI=1S/C14H24N2O4/c1-2-3-11(7-9-17)10-15-12(18)6-8-16-13(19)4-5-14(16)20/h11,17H,2-10H2,1H3,(H,15,18). The molecule has 1 atom stereocenters. The number of hydrogen-bond donors (Lipinski definition) is 2. The minimum Gasteiger partial charge on any atom is -0.396 e. The Morgan fingerprint density at radius 1 is 1.30 bits per heavy atom. The number of amides is 3. The minimum atomic E-state index is -0.188. The number of carbonyl (C=O) groups excluding carboxylic acids is 3. The molecule has 1 aliphatic rings. The van der Waals surface area contributed by atoms with Crippen molar-refractivity contribution in [1.29, 1.82) is 0 Å². The average molecular weight is 284 g/mol. The number of rotatable bonds is 9. The van der Waals surface area contributed by atoms with Crippen LogP contribution in [0.15, 0.2) is 0 Å². The van der Waals surface area contributed by atoms with Crippen LogP contribution >= 0.6 is 0 Å². The average Bonchev–Trinajstić information content (AvgIpc) is 2.73. The second kappa shape index (κ2) is 8.68. The lowest BCUT2D eigenvalue weighted by Gasteiger charge is -2.17. The molecule has 0 aromatic heterocycles. The summed E-state index contributed by atoms with van der Waals surface area (Å²) in [5, 5.41) is 11.7. The molecule has 1 aliphatic heterocycles. The first-order valence-corrected chi connectivity index (χ1v) is 7.29. The highest BCUT2D eigenvalue weighted by Crippen LogP contribution is 2.12. The van der Waals surface area contributed by atoms with Crippen LogP contribution in [-0.4, -0.2) is 47.4 Å². The molecular formula is C14H24N2O4. The zero-order chi connectivity index (χ0) is 15.0. The highest BCUT2D eigenvalue weighted by Gasteiger charge is 2.28. The lowest BCUT2D eigenvalue weighted by molar-refractivity contribution is -0.138. The Balaban J connectivity index is 2.25. The topological polar surface area (TPSA) is 86.7 Å². The normalized spacial score (nSPS) is 16.6. The third-order valence-corrected chi connectivity index (χ3v) is 3.54. The summed E-state index contributed by atoms with van der Waals surface area (Å²) in [5.41, 5.74) is 0. The molecule has 20 heavy (non-hydrogen) atoms. The smallest absolute Gasteiger partial charge is 0.229 e. The van der Waals surface area contributed by atoms with Crippen molar-refractivity contribution in [1.82, 2.24) is 10.2 Å². The van der Waals surface area contributed by atoms with E-state index in [0.717, 1.165) is 17.7 Å². The molecule has 0 saturated carbocycles. The molecule has 1 rings (SSSR count). The van der Waals surface area contributed by atoms with Gasteiger partial charge in [-0.05, 0) is 18.8 Å². The molecule has 0 aromatic carbocycles. The fourth-order valence-corrected chi connectivity index (χ4v) is 2.37. The molecule has 1 fully saturated rings. The quantitative estimate of drug-likeness (QED) is 0.602. The van der Waals surface area contributed by atoms with Gasteiger partial charge >= 0.3 is 0 Å². The van der Waals surface area contributed by atoms with Gasteiger partial charge in [-0.1, -0.05) is 13.3 Å². The Labute approximate surface area is 119 Å². The number of likely N-dealkylation sites (tertiary alicyclic amines) is 1. The summed E-state index contributed by atoms with van der Waals surface area (Å²) < 4.78 is 0. The summed E-state index contributed by atoms with van der Waals surface area (Å²) in [6, 6.07) is 0. The molecule has 0 aromatic rings. The van der Waals surface area contributed by atoms with Gasteiger partial charge in [0.05, 0.1) is 0 Å². The Morgan fingerprint density at radius 2 is 1.95 bits per heavy atom. The minimum absolute atomic E-state index is 0.122. The van der Waals surface area contributed by atoms with Crippen molar-refractivity contribution in [3.8, 4) is 0 Å². The maximum absolute atomic E-state index is 11.7. The predicted octanol–water partition coefficient (Wildman–Crippen LogP) is 0.440. The molecule has 0 aliphatic carbocycles. The van der Waals surface area contributed by atoms with E-state index in [0.29, 0.717) is 13.0 Å². The number of carbonyl (C=O) groups is 3. The van der Waals surface area contributed by atoms with Crippen LogP contribution in [0.2, 0.25) is 0 Å². The van der Waals surface area contributed by atoms with Crippen molar-refractivity contribution in [2.45, 2.75) is 45.4 Å². The lowest BCUT2D eigenvalue weighted by atomic mass is 10.0. The summed E-state index contributed by atoms with van der Waals surface area (Å²) in [4.78, 5) is 35.6. The van der Waals surface area contributed by atoms with Crippen LogP contribution in [0.3, 0.4) is 0 Å². The number of nitrogens with zero attached hydrogens (tertiary/aromatic N) is 1. The second-order valence-corrected chi connectivity index (χ2v) is 5.16. The third kappa shape index (κ3) is 5.28. The fraction of sp³-hybridized carbons (Fsp3) is 0.786. The summed E-state index contributed by atoms with van der Waals surface area (Å²) >= 11 is 0. The van der Waals surface area contributed by atoms with E-state index < -0.39 is 0 Å². The van der Waals surface area contributed by atoms with Gasteiger partial charge < -0.3 is 10.4 Å². The molecule has 0 radical (unpaired) electrons. The summed E-state index contributed by atoms with van der Waals surface area (Å²) in [7, 11) is 0. The number of aliphatic hydroxyl groups excluding tert-OH is 1. The zero-order valence-corrected chi connectivity index (χ0v) is 12.1. The SMILES string of the molecule is CCCC(CCO)CNC(=O)CCN1C(=O)CCC1=O. The van der Waals surface area contributed by atoms with Crippen LogP contribution < -0.4 is 5.32 Å². The second-order valence-electron chi connectivity index (χ2n) is 5.16. The zero-order valence-electron chi connectivity index (χ0n) is 12.1. The molecular weight excluding hydrogens is 260 g/mol. The van der Waals surface area contributed by atoms with E-state index in [1.54, 1.807) is 0 Å². The first-order chi connectivity index (χ1) is 9.58. The van der Waals surface area contributed by atoms with Crippen molar-refractivity contribution in [2.24, 2.45) is 5.92 Å². The highest BCUT2D eigenvalue weighted by atomic mass is 16.3. The molecule has 1 saturated heterocycles. The van der Waals surface area contributed by atoms with Gasteiger partial charge in [-0.15, -0.1) is 0 Å². The van der Waals surface area contributed by atoms with Gasteiger partial charge in [-0.2, -0.15) is 0 Å². The van der Waals surface area contributed by atoms with Gasteiger partial charge in [0.1, 0.15) is 0 Å². The van der Waals surface area contributed by atoms with Gasteiger partial charge in [-0.3, -0.25) is 19.3 Å². The Bertz CT molecular complexity index is 335. The monoisotopic (exact) mass is 284 g/mol. The Kier molecular flexibility index (Phi) is 7.22. The first kappa shape index (κ1) is 16.6.